The van der Waals surface area contributed by atoms with E-state index in [0.29, 0.717) is 18.7 Å². The van der Waals surface area contributed by atoms with Gasteiger partial charge in [0.25, 0.3) is 5.91 Å². The molecular weight excluding hydrogens is 342 g/mol. The van der Waals surface area contributed by atoms with Crippen molar-refractivity contribution in [1.82, 2.24) is 14.4 Å². The highest BCUT2D eigenvalue weighted by Gasteiger charge is 2.22. The number of amides is 2. The van der Waals surface area contributed by atoms with Crippen molar-refractivity contribution in [2.24, 2.45) is 0 Å². The molecule has 0 aliphatic rings. The predicted molar refractivity (Wildman–Crippen MR) is 107 cm³/mol. The molecule has 0 radical (unpaired) electrons. The second kappa shape index (κ2) is 8.75. The van der Waals surface area contributed by atoms with Crippen LogP contribution in [-0.4, -0.2) is 60.0 Å². The molecule has 6 heteroatoms. The Morgan fingerprint density at radius 1 is 1.11 bits per heavy atom. The molecule has 1 aromatic carbocycles. The van der Waals surface area contributed by atoms with Crippen molar-refractivity contribution in [2.45, 2.75) is 27.7 Å². The Morgan fingerprint density at radius 2 is 1.78 bits per heavy atom. The Bertz CT molecular complexity index is 822. The lowest BCUT2D eigenvalue weighted by Crippen LogP contribution is -2.41. The minimum atomic E-state index is -0.155. The molecule has 27 heavy (non-hydrogen) atoms. The average molecular weight is 371 g/mol. The second-order valence-electron chi connectivity index (χ2n) is 6.55. The summed E-state index contributed by atoms with van der Waals surface area (Å²) in [5.74, 6) is 0.560. The van der Waals surface area contributed by atoms with Gasteiger partial charge in [0.2, 0.25) is 5.91 Å². The Balaban J connectivity index is 2.29. The molecule has 146 valence electrons. The van der Waals surface area contributed by atoms with E-state index < -0.39 is 0 Å². The standard InChI is InChI=1S/C21H29N3O3/c1-7-23(8-2)20(25)14-22(5)21(26)19-12-15(3)24(16(19)4)17-10-9-11-18(13-17)27-6/h9-13H,7-8,14H2,1-6H3. The van der Waals surface area contributed by atoms with Gasteiger partial charge in [-0.1, -0.05) is 6.07 Å². The van der Waals surface area contributed by atoms with Crippen LogP contribution in [0.15, 0.2) is 30.3 Å². The molecule has 2 amide bonds. The lowest BCUT2D eigenvalue weighted by Gasteiger charge is -2.23. The maximum absolute atomic E-state index is 12.9. The lowest BCUT2D eigenvalue weighted by atomic mass is 10.2. The molecule has 0 spiro atoms. The number of benzene rings is 1. The average Bonchev–Trinajstić information content (AvgIpc) is 2.96. The van der Waals surface area contributed by atoms with Crippen molar-refractivity contribution >= 4 is 11.8 Å². The third-order valence-corrected chi connectivity index (χ3v) is 4.81. The zero-order chi connectivity index (χ0) is 20.1. The SMILES string of the molecule is CCN(CC)C(=O)CN(C)C(=O)c1cc(C)n(-c2cccc(OC)c2)c1C. The van der Waals surface area contributed by atoms with Crippen LogP contribution in [-0.2, 0) is 4.79 Å². The number of carbonyl (C=O) groups excluding carboxylic acids is 2. The molecule has 1 aromatic heterocycles. The summed E-state index contributed by atoms with van der Waals surface area (Å²) in [6.45, 7) is 9.10. The molecule has 0 unspecified atom stereocenters. The van der Waals surface area contributed by atoms with Gasteiger partial charge in [-0.25, -0.2) is 0 Å². The summed E-state index contributed by atoms with van der Waals surface area (Å²) in [5.41, 5.74) is 3.33. The van der Waals surface area contributed by atoms with Crippen LogP contribution in [0.4, 0.5) is 0 Å². The molecular formula is C21H29N3O3. The van der Waals surface area contributed by atoms with E-state index in [9.17, 15) is 9.59 Å². The molecule has 1 heterocycles. The Morgan fingerprint density at radius 3 is 2.37 bits per heavy atom. The topological polar surface area (TPSA) is 54.8 Å². The number of nitrogens with zero attached hydrogens (tertiary/aromatic N) is 3. The number of hydrogen-bond acceptors (Lipinski definition) is 3. The van der Waals surface area contributed by atoms with E-state index in [-0.39, 0.29) is 18.4 Å². The fraction of sp³-hybridized carbons (Fsp3) is 0.429. The van der Waals surface area contributed by atoms with Crippen LogP contribution < -0.4 is 4.74 Å². The van der Waals surface area contributed by atoms with E-state index in [1.165, 1.54) is 4.90 Å². The highest BCUT2D eigenvalue weighted by atomic mass is 16.5. The van der Waals surface area contributed by atoms with Crippen LogP contribution in [0.25, 0.3) is 5.69 Å². The summed E-state index contributed by atoms with van der Waals surface area (Å²) in [4.78, 5) is 28.5. The number of rotatable bonds is 7. The van der Waals surface area contributed by atoms with Crippen molar-refractivity contribution in [3.05, 3.63) is 47.3 Å². The number of methoxy groups -OCH3 is 1. The van der Waals surface area contributed by atoms with Crippen molar-refractivity contribution in [1.29, 1.82) is 0 Å². The van der Waals surface area contributed by atoms with Gasteiger partial charge in [0, 0.05) is 43.3 Å². The number of carbonyl (C=O) groups is 2. The van der Waals surface area contributed by atoms with E-state index in [1.807, 2.05) is 62.6 Å². The van der Waals surface area contributed by atoms with Crippen LogP contribution in [0.5, 0.6) is 5.75 Å². The summed E-state index contributed by atoms with van der Waals surface area (Å²) in [6.07, 6.45) is 0. The van der Waals surface area contributed by atoms with Gasteiger partial charge >= 0.3 is 0 Å². The minimum absolute atomic E-state index is 0.0440. The van der Waals surface area contributed by atoms with Crippen LogP contribution >= 0.6 is 0 Å². The monoisotopic (exact) mass is 371 g/mol. The zero-order valence-corrected chi connectivity index (χ0v) is 17.1. The molecule has 0 aliphatic heterocycles. The maximum Gasteiger partial charge on any atom is 0.255 e. The highest BCUT2D eigenvalue weighted by Crippen LogP contribution is 2.24. The number of likely N-dealkylation sites (N-methyl/N-ethyl adjacent to an activating group) is 2. The van der Waals surface area contributed by atoms with Gasteiger partial charge in [-0.15, -0.1) is 0 Å². The molecule has 0 N–H and O–H groups in total. The number of aromatic nitrogens is 1. The van der Waals surface area contributed by atoms with Crippen LogP contribution in [0.3, 0.4) is 0 Å². The number of ether oxygens (including phenoxy) is 1. The number of hydrogen-bond donors (Lipinski definition) is 0. The van der Waals surface area contributed by atoms with Crippen molar-refractivity contribution in [3.8, 4) is 11.4 Å². The molecule has 0 saturated heterocycles. The van der Waals surface area contributed by atoms with E-state index in [2.05, 4.69) is 0 Å². The second-order valence-corrected chi connectivity index (χ2v) is 6.55. The molecule has 6 nitrogen and oxygen atoms in total. The normalized spacial score (nSPS) is 10.6. The molecule has 2 aromatic rings. The Hall–Kier alpha value is -2.76. The van der Waals surface area contributed by atoms with Crippen LogP contribution in [0, 0.1) is 13.8 Å². The summed E-state index contributed by atoms with van der Waals surface area (Å²) >= 11 is 0. The van der Waals surface area contributed by atoms with Gasteiger partial charge in [-0.3, -0.25) is 9.59 Å². The summed E-state index contributed by atoms with van der Waals surface area (Å²) in [5, 5.41) is 0. The first-order valence-electron chi connectivity index (χ1n) is 9.20. The van der Waals surface area contributed by atoms with E-state index in [4.69, 9.17) is 4.74 Å². The molecule has 0 bridgehead atoms. The third kappa shape index (κ3) is 4.32. The Labute approximate surface area is 161 Å². The summed E-state index contributed by atoms with van der Waals surface area (Å²) < 4.78 is 7.33. The largest absolute Gasteiger partial charge is 0.497 e. The van der Waals surface area contributed by atoms with Crippen molar-refractivity contribution < 1.29 is 14.3 Å². The van der Waals surface area contributed by atoms with Gasteiger partial charge in [-0.2, -0.15) is 0 Å². The summed E-state index contributed by atoms with van der Waals surface area (Å²) in [6, 6.07) is 9.58. The van der Waals surface area contributed by atoms with Gasteiger partial charge in [0.1, 0.15) is 5.75 Å². The van der Waals surface area contributed by atoms with Gasteiger partial charge in [0.15, 0.2) is 0 Å². The fourth-order valence-electron chi connectivity index (χ4n) is 3.28. The first-order valence-corrected chi connectivity index (χ1v) is 9.20. The van der Waals surface area contributed by atoms with E-state index >= 15 is 0 Å². The zero-order valence-electron chi connectivity index (χ0n) is 17.1. The fourth-order valence-corrected chi connectivity index (χ4v) is 3.28. The molecule has 0 atom stereocenters. The predicted octanol–water partition coefficient (Wildman–Crippen LogP) is 3.04. The quantitative estimate of drug-likeness (QED) is 0.752. The molecule has 0 aliphatic carbocycles. The Kier molecular flexibility index (Phi) is 6.66. The molecule has 0 saturated carbocycles. The van der Waals surface area contributed by atoms with Crippen molar-refractivity contribution in [2.75, 3.05) is 33.8 Å². The molecule has 0 fully saturated rings. The highest BCUT2D eigenvalue weighted by molar-refractivity contribution is 5.97. The third-order valence-electron chi connectivity index (χ3n) is 4.81. The first-order chi connectivity index (χ1) is 12.8. The van der Waals surface area contributed by atoms with Gasteiger partial charge < -0.3 is 19.1 Å². The van der Waals surface area contributed by atoms with Crippen molar-refractivity contribution in [3.63, 3.8) is 0 Å². The lowest BCUT2D eigenvalue weighted by molar-refractivity contribution is -0.131. The summed E-state index contributed by atoms with van der Waals surface area (Å²) in [7, 11) is 3.30. The van der Waals surface area contributed by atoms with E-state index in [0.717, 1.165) is 22.8 Å². The maximum atomic E-state index is 12.9. The smallest absolute Gasteiger partial charge is 0.255 e. The first kappa shape index (κ1) is 20.6. The van der Waals surface area contributed by atoms with Gasteiger partial charge in [-0.05, 0) is 45.9 Å². The molecule has 2 rings (SSSR count). The van der Waals surface area contributed by atoms with E-state index in [1.54, 1.807) is 19.1 Å². The number of aryl methyl sites for hydroxylation is 1. The van der Waals surface area contributed by atoms with Crippen LogP contribution in [0.1, 0.15) is 35.6 Å². The van der Waals surface area contributed by atoms with Crippen LogP contribution in [0.2, 0.25) is 0 Å². The van der Waals surface area contributed by atoms with Gasteiger partial charge in [0.05, 0.1) is 19.2 Å². The minimum Gasteiger partial charge on any atom is -0.497 e.